The van der Waals surface area contributed by atoms with Crippen LogP contribution in [0.25, 0.3) is 6.08 Å². The standard InChI is InChI=1S/C18H13Cl2N3O2/c1-22-17(24)12-7-5-11(6-8-12)9-13(10-21)18(25)23-15-4-2-3-14(19)16(15)20/h2-9H,1H3,(H,22,24)(H,23,25)/b13-9-. The van der Waals surface area contributed by atoms with Crippen LogP contribution in [0.1, 0.15) is 15.9 Å². The van der Waals surface area contributed by atoms with Crippen molar-refractivity contribution in [2.24, 2.45) is 0 Å². The Bertz CT molecular complexity index is 884. The molecule has 0 unspecified atom stereocenters. The van der Waals surface area contributed by atoms with Crippen molar-refractivity contribution in [3.63, 3.8) is 0 Å². The molecule has 0 aliphatic carbocycles. The van der Waals surface area contributed by atoms with Gasteiger partial charge in [0.25, 0.3) is 11.8 Å². The molecule has 2 amide bonds. The SMILES string of the molecule is CNC(=O)c1ccc(/C=C(/C#N)C(=O)Nc2cccc(Cl)c2Cl)cc1. The van der Waals surface area contributed by atoms with E-state index in [1.54, 1.807) is 42.5 Å². The third kappa shape index (κ3) is 4.60. The predicted molar refractivity (Wildman–Crippen MR) is 98.5 cm³/mol. The number of nitriles is 1. The van der Waals surface area contributed by atoms with E-state index >= 15 is 0 Å². The Morgan fingerprint density at radius 3 is 2.40 bits per heavy atom. The van der Waals surface area contributed by atoms with Crippen molar-refractivity contribution < 1.29 is 9.59 Å². The summed E-state index contributed by atoms with van der Waals surface area (Å²) >= 11 is 11.9. The summed E-state index contributed by atoms with van der Waals surface area (Å²) < 4.78 is 0. The molecular formula is C18H13Cl2N3O2. The minimum Gasteiger partial charge on any atom is -0.355 e. The highest BCUT2D eigenvalue weighted by atomic mass is 35.5. The summed E-state index contributed by atoms with van der Waals surface area (Å²) in [6.45, 7) is 0. The minimum absolute atomic E-state index is 0.108. The molecule has 2 N–H and O–H groups in total. The first-order chi connectivity index (χ1) is 12.0. The van der Waals surface area contributed by atoms with Crippen LogP contribution in [0.3, 0.4) is 0 Å². The van der Waals surface area contributed by atoms with E-state index in [4.69, 9.17) is 23.2 Å². The number of hydrogen-bond acceptors (Lipinski definition) is 3. The molecule has 126 valence electrons. The monoisotopic (exact) mass is 373 g/mol. The Labute approximate surface area is 154 Å². The Morgan fingerprint density at radius 1 is 1.12 bits per heavy atom. The first-order valence-corrected chi connectivity index (χ1v) is 7.91. The quantitative estimate of drug-likeness (QED) is 0.629. The molecule has 2 aromatic carbocycles. The van der Waals surface area contributed by atoms with Gasteiger partial charge in [0.2, 0.25) is 0 Å². The lowest BCUT2D eigenvalue weighted by molar-refractivity contribution is -0.112. The van der Waals surface area contributed by atoms with Crippen LogP contribution in [0.15, 0.2) is 48.0 Å². The summed E-state index contributed by atoms with van der Waals surface area (Å²) in [5.41, 5.74) is 1.30. The number of carbonyl (C=O) groups is 2. The molecular weight excluding hydrogens is 361 g/mol. The van der Waals surface area contributed by atoms with Crippen LogP contribution in [0.4, 0.5) is 5.69 Å². The molecule has 2 aromatic rings. The molecule has 5 nitrogen and oxygen atoms in total. The Hall–Kier alpha value is -2.81. The Morgan fingerprint density at radius 2 is 1.80 bits per heavy atom. The molecule has 0 aromatic heterocycles. The van der Waals surface area contributed by atoms with Crippen molar-refractivity contribution in [1.82, 2.24) is 5.32 Å². The fourth-order valence-electron chi connectivity index (χ4n) is 1.98. The highest BCUT2D eigenvalue weighted by Gasteiger charge is 2.13. The number of anilines is 1. The largest absolute Gasteiger partial charge is 0.355 e. The van der Waals surface area contributed by atoms with Crippen LogP contribution in [0.5, 0.6) is 0 Å². The zero-order chi connectivity index (χ0) is 18.4. The second-order valence-corrected chi connectivity index (χ2v) is 5.71. The number of rotatable bonds is 4. The van der Waals surface area contributed by atoms with Crippen LogP contribution < -0.4 is 10.6 Å². The first-order valence-electron chi connectivity index (χ1n) is 7.15. The highest BCUT2D eigenvalue weighted by Crippen LogP contribution is 2.29. The van der Waals surface area contributed by atoms with Crippen molar-refractivity contribution in [3.05, 3.63) is 69.2 Å². The molecule has 0 heterocycles. The normalized spacial score (nSPS) is 10.7. The average molecular weight is 374 g/mol. The summed E-state index contributed by atoms with van der Waals surface area (Å²) in [5.74, 6) is -0.827. The van der Waals surface area contributed by atoms with Gasteiger partial charge >= 0.3 is 0 Å². The molecule has 0 aliphatic heterocycles. The van der Waals surface area contributed by atoms with E-state index in [1.807, 2.05) is 6.07 Å². The molecule has 0 fully saturated rings. The molecule has 2 rings (SSSR count). The lowest BCUT2D eigenvalue weighted by atomic mass is 10.1. The van der Waals surface area contributed by atoms with Gasteiger partial charge in [-0.3, -0.25) is 9.59 Å². The Kier molecular flexibility index (Phi) is 6.18. The van der Waals surface area contributed by atoms with Gasteiger partial charge in [-0.2, -0.15) is 5.26 Å². The molecule has 0 bridgehead atoms. The van der Waals surface area contributed by atoms with Crippen molar-refractivity contribution in [1.29, 1.82) is 5.26 Å². The van der Waals surface area contributed by atoms with Gasteiger partial charge in [-0.25, -0.2) is 0 Å². The third-order valence-electron chi connectivity index (χ3n) is 3.28. The summed E-state index contributed by atoms with van der Waals surface area (Å²) in [6, 6.07) is 13.1. The second kappa shape index (κ2) is 8.34. The van der Waals surface area contributed by atoms with Gasteiger partial charge in [0, 0.05) is 12.6 Å². The molecule has 0 atom stereocenters. The topological polar surface area (TPSA) is 82.0 Å². The molecule has 0 radical (unpaired) electrons. The van der Waals surface area contributed by atoms with E-state index in [9.17, 15) is 14.9 Å². The number of nitrogens with one attached hydrogen (secondary N) is 2. The maximum atomic E-state index is 12.3. The van der Waals surface area contributed by atoms with Gasteiger partial charge in [-0.05, 0) is 35.9 Å². The molecule has 0 spiro atoms. The number of nitrogens with zero attached hydrogens (tertiary/aromatic N) is 1. The summed E-state index contributed by atoms with van der Waals surface area (Å²) in [5, 5.41) is 14.8. The smallest absolute Gasteiger partial charge is 0.266 e. The average Bonchev–Trinajstić information content (AvgIpc) is 2.63. The van der Waals surface area contributed by atoms with Gasteiger partial charge in [0.15, 0.2) is 0 Å². The third-order valence-corrected chi connectivity index (χ3v) is 4.09. The fraction of sp³-hybridized carbons (Fsp3) is 0.0556. The molecule has 0 saturated heterocycles. The lowest BCUT2D eigenvalue weighted by Crippen LogP contribution is -2.17. The van der Waals surface area contributed by atoms with E-state index in [0.29, 0.717) is 21.8 Å². The van der Waals surface area contributed by atoms with Crippen molar-refractivity contribution in [2.75, 3.05) is 12.4 Å². The van der Waals surface area contributed by atoms with Gasteiger partial charge in [0.1, 0.15) is 11.6 Å². The second-order valence-electron chi connectivity index (χ2n) is 4.93. The highest BCUT2D eigenvalue weighted by molar-refractivity contribution is 6.44. The number of carbonyl (C=O) groups excluding carboxylic acids is 2. The first kappa shape index (κ1) is 18.5. The van der Waals surface area contributed by atoms with E-state index in [-0.39, 0.29) is 16.5 Å². The van der Waals surface area contributed by atoms with E-state index in [2.05, 4.69) is 10.6 Å². The maximum absolute atomic E-state index is 12.3. The number of benzene rings is 2. The van der Waals surface area contributed by atoms with Gasteiger partial charge in [0.05, 0.1) is 15.7 Å². The fourth-order valence-corrected chi connectivity index (χ4v) is 2.33. The minimum atomic E-state index is -0.609. The summed E-state index contributed by atoms with van der Waals surface area (Å²) in [4.78, 5) is 23.8. The van der Waals surface area contributed by atoms with Crippen LogP contribution >= 0.6 is 23.2 Å². The van der Waals surface area contributed by atoms with E-state index in [0.717, 1.165) is 0 Å². The van der Waals surface area contributed by atoms with Gasteiger partial charge in [-0.15, -0.1) is 0 Å². The maximum Gasteiger partial charge on any atom is 0.266 e. The van der Waals surface area contributed by atoms with E-state index in [1.165, 1.54) is 13.1 Å². The number of hydrogen-bond donors (Lipinski definition) is 2. The van der Waals surface area contributed by atoms with Crippen molar-refractivity contribution in [2.45, 2.75) is 0 Å². The van der Waals surface area contributed by atoms with Gasteiger partial charge < -0.3 is 10.6 Å². The van der Waals surface area contributed by atoms with Crippen molar-refractivity contribution in [3.8, 4) is 6.07 Å². The van der Waals surface area contributed by atoms with Gasteiger partial charge in [-0.1, -0.05) is 41.4 Å². The predicted octanol–water partition coefficient (Wildman–Crippen LogP) is 3.90. The lowest BCUT2D eigenvalue weighted by Gasteiger charge is -2.07. The zero-order valence-electron chi connectivity index (χ0n) is 13.1. The van der Waals surface area contributed by atoms with Crippen molar-refractivity contribution >= 4 is 46.8 Å². The van der Waals surface area contributed by atoms with Crippen LogP contribution in [-0.2, 0) is 4.79 Å². The summed E-state index contributed by atoms with van der Waals surface area (Å²) in [7, 11) is 1.54. The number of halogens is 2. The Balaban J connectivity index is 2.22. The number of amides is 2. The molecule has 7 heteroatoms. The molecule has 0 saturated carbocycles. The van der Waals surface area contributed by atoms with E-state index < -0.39 is 5.91 Å². The summed E-state index contributed by atoms with van der Waals surface area (Å²) in [6.07, 6.45) is 1.42. The van der Waals surface area contributed by atoms with Crippen LogP contribution in [0.2, 0.25) is 10.0 Å². The van der Waals surface area contributed by atoms with Crippen LogP contribution in [0, 0.1) is 11.3 Å². The zero-order valence-corrected chi connectivity index (χ0v) is 14.7. The van der Waals surface area contributed by atoms with Crippen LogP contribution in [-0.4, -0.2) is 18.9 Å². The molecule has 25 heavy (non-hydrogen) atoms. The molecule has 0 aliphatic rings.